The molecule has 3 fully saturated rings. The first-order valence-electron chi connectivity index (χ1n) is 7.37. The summed E-state index contributed by atoms with van der Waals surface area (Å²) < 4.78 is 32.5. The zero-order valence-electron chi connectivity index (χ0n) is 11.9. The van der Waals surface area contributed by atoms with Crippen molar-refractivity contribution in [2.24, 2.45) is 23.7 Å². The van der Waals surface area contributed by atoms with E-state index in [-0.39, 0.29) is 21.6 Å². The summed E-state index contributed by atoms with van der Waals surface area (Å²) >= 11 is 3.52. The van der Waals surface area contributed by atoms with E-state index in [1.165, 1.54) is 12.1 Å². The number of halogens is 1. The molecule has 1 aromatic carbocycles. The molecule has 2 aliphatic carbocycles. The van der Waals surface area contributed by atoms with Gasteiger partial charge in [0.25, 0.3) is 0 Å². The van der Waals surface area contributed by atoms with Crippen LogP contribution in [0.3, 0.4) is 0 Å². The van der Waals surface area contributed by atoms with E-state index in [0.29, 0.717) is 6.42 Å². The summed E-state index contributed by atoms with van der Waals surface area (Å²) in [6, 6.07) is 7.68. The lowest BCUT2D eigenvalue weighted by Crippen LogP contribution is -2.50. The van der Waals surface area contributed by atoms with E-state index < -0.39 is 39.8 Å². The van der Waals surface area contributed by atoms with E-state index >= 15 is 0 Å². The van der Waals surface area contributed by atoms with Gasteiger partial charge in [0.05, 0.1) is 16.7 Å². The second kappa shape index (κ2) is 5.12. The van der Waals surface area contributed by atoms with Crippen LogP contribution in [0.25, 0.3) is 0 Å². The molecule has 122 valence electrons. The van der Waals surface area contributed by atoms with Gasteiger partial charge < -0.3 is 4.74 Å². The van der Waals surface area contributed by atoms with Crippen LogP contribution in [0.15, 0.2) is 35.2 Å². The molecule has 4 rings (SSSR count). The highest BCUT2D eigenvalue weighted by molar-refractivity contribution is 9.09. The third-order valence-electron chi connectivity index (χ3n) is 5.16. The molecule has 6 nitrogen and oxygen atoms in total. The van der Waals surface area contributed by atoms with Crippen LogP contribution in [0, 0.1) is 23.7 Å². The van der Waals surface area contributed by atoms with Crippen molar-refractivity contribution >= 4 is 37.9 Å². The van der Waals surface area contributed by atoms with Crippen molar-refractivity contribution in [2.75, 3.05) is 0 Å². The van der Waals surface area contributed by atoms with Gasteiger partial charge >= 0.3 is 11.9 Å². The monoisotopic (exact) mass is 399 g/mol. The highest BCUT2D eigenvalue weighted by Gasteiger charge is 2.66. The number of cyclic esters (lactones) is 2. The summed E-state index contributed by atoms with van der Waals surface area (Å²) in [7, 11) is -3.68. The number of hydrogen-bond donors (Lipinski definition) is 1. The average Bonchev–Trinajstić information content (AvgIpc) is 3.14. The van der Waals surface area contributed by atoms with Crippen molar-refractivity contribution in [1.29, 1.82) is 0 Å². The Labute approximate surface area is 141 Å². The van der Waals surface area contributed by atoms with Crippen molar-refractivity contribution in [3.63, 3.8) is 0 Å². The third-order valence-corrected chi connectivity index (χ3v) is 7.88. The first-order chi connectivity index (χ1) is 10.9. The Kier molecular flexibility index (Phi) is 3.40. The Balaban J connectivity index is 1.62. The van der Waals surface area contributed by atoms with Crippen molar-refractivity contribution in [3.05, 3.63) is 30.3 Å². The smallest absolute Gasteiger partial charge is 0.317 e. The summed E-state index contributed by atoms with van der Waals surface area (Å²) in [5, 5.41) is 0. The van der Waals surface area contributed by atoms with Crippen molar-refractivity contribution in [3.8, 4) is 0 Å². The summed E-state index contributed by atoms with van der Waals surface area (Å²) in [5.74, 6) is -2.24. The second-order valence-corrected chi connectivity index (χ2v) is 9.03. The third kappa shape index (κ3) is 2.19. The van der Waals surface area contributed by atoms with Crippen LogP contribution in [0.2, 0.25) is 0 Å². The number of sulfonamides is 1. The molecule has 0 amide bonds. The lowest BCUT2D eigenvalue weighted by atomic mass is 9.79. The van der Waals surface area contributed by atoms with Gasteiger partial charge in [-0.3, -0.25) is 9.59 Å². The molecule has 0 unspecified atom stereocenters. The molecule has 1 heterocycles. The zero-order chi connectivity index (χ0) is 16.4. The SMILES string of the molecule is O=C1OC(=O)[C@@H]2[C@H]3C[C@@H]([C@H](Br)[C@@H]3NS(=O)(=O)c3ccccc3)[C@@H]12. The molecule has 0 radical (unpaired) electrons. The minimum atomic E-state index is -3.68. The van der Waals surface area contributed by atoms with Gasteiger partial charge in [0.2, 0.25) is 10.0 Å². The fourth-order valence-electron chi connectivity index (χ4n) is 4.22. The number of hydrogen-bond acceptors (Lipinski definition) is 5. The van der Waals surface area contributed by atoms with Crippen molar-refractivity contribution in [1.82, 2.24) is 4.72 Å². The molecule has 2 saturated carbocycles. The largest absolute Gasteiger partial charge is 0.393 e. The number of ether oxygens (including phenoxy) is 1. The molecule has 1 saturated heterocycles. The predicted molar refractivity (Wildman–Crippen MR) is 82.9 cm³/mol. The molecule has 0 spiro atoms. The number of esters is 2. The number of carbonyl (C=O) groups excluding carboxylic acids is 2. The van der Waals surface area contributed by atoms with Crippen LogP contribution in [-0.4, -0.2) is 31.2 Å². The highest BCUT2D eigenvalue weighted by atomic mass is 79.9. The molecule has 2 bridgehead atoms. The van der Waals surface area contributed by atoms with Crippen LogP contribution >= 0.6 is 15.9 Å². The fourth-order valence-corrected chi connectivity index (χ4v) is 6.79. The van der Waals surface area contributed by atoms with Gasteiger partial charge in [0, 0.05) is 10.9 Å². The average molecular weight is 400 g/mol. The summed E-state index contributed by atoms with van der Waals surface area (Å²) in [4.78, 5) is 23.7. The Hall–Kier alpha value is -1.25. The standard InChI is InChI=1S/C15H14BrNO5S/c16-12-8-6-9(11-10(8)14(18)22-15(11)19)13(12)17-23(20,21)7-4-2-1-3-5-7/h1-5,8-13,17H,6H2/t8-,9-,10-,11-,12+,13-/m1/s1. The molecule has 8 heteroatoms. The first kappa shape index (κ1) is 15.3. The van der Waals surface area contributed by atoms with Crippen LogP contribution in [-0.2, 0) is 24.3 Å². The molecule has 1 aliphatic heterocycles. The van der Waals surface area contributed by atoms with E-state index in [9.17, 15) is 18.0 Å². The second-order valence-electron chi connectivity index (χ2n) is 6.26. The van der Waals surface area contributed by atoms with Gasteiger partial charge in [-0.2, -0.15) is 0 Å². The van der Waals surface area contributed by atoms with Crippen LogP contribution in [0.4, 0.5) is 0 Å². The minimum absolute atomic E-state index is 0.0765. The number of rotatable bonds is 3. The van der Waals surface area contributed by atoms with E-state index in [4.69, 9.17) is 4.74 Å². The predicted octanol–water partition coefficient (Wildman–Crippen LogP) is 1.06. The quantitative estimate of drug-likeness (QED) is 0.466. The van der Waals surface area contributed by atoms with Crippen molar-refractivity contribution < 1.29 is 22.7 Å². The van der Waals surface area contributed by atoms with E-state index in [1.807, 2.05) is 0 Å². The van der Waals surface area contributed by atoms with Gasteiger partial charge in [-0.05, 0) is 30.4 Å². The maximum absolute atomic E-state index is 12.5. The number of alkyl halides is 1. The fraction of sp³-hybridized carbons (Fsp3) is 0.467. The Morgan fingerprint density at radius 3 is 2.30 bits per heavy atom. The van der Waals surface area contributed by atoms with Gasteiger partial charge in [-0.1, -0.05) is 34.1 Å². The van der Waals surface area contributed by atoms with Gasteiger partial charge in [0.1, 0.15) is 0 Å². The molecule has 0 aromatic heterocycles. The number of carbonyl (C=O) groups is 2. The number of nitrogens with one attached hydrogen (secondary N) is 1. The topological polar surface area (TPSA) is 89.5 Å². The zero-order valence-corrected chi connectivity index (χ0v) is 14.3. The Morgan fingerprint density at radius 2 is 1.65 bits per heavy atom. The molecule has 6 atom stereocenters. The Morgan fingerprint density at radius 1 is 1.04 bits per heavy atom. The van der Waals surface area contributed by atoms with E-state index in [1.54, 1.807) is 18.2 Å². The van der Waals surface area contributed by atoms with Gasteiger partial charge in [-0.15, -0.1) is 0 Å². The van der Waals surface area contributed by atoms with Crippen LogP contribution in [0.5, 0.6) is 0 Å². The molecule has 23 heavy (non-hydrogen) atoms. The summed E-state index contributed by atoms with van der Waals surface area (Å²) in [6.45, 7) is 0. The molecule has 1 N–H and O–H groups in total. The Bertz CT molecular complexity index is 780. The maximum Gasteiger partial charge on any atom is 0.317 e. The van der Waals surface area contributed by atoms with E-state index in [2.05, 4.69) is 20.7 Å². The molecule has 1 aromatic rings. The lowest BCUT2D eigenvalue weighted by molar-refractivity contribution is -0.154. The van der Waals surface area contributed by atoms with E-state index in [0.717, 1.165) is 0 Å². The minimum Gasteiger partial charge on any atom is -0.393 e. The number of benzene rings is 1. The number of fused-ring (bicyclic) bond motifs is 5. The normalized spacial score (nSPS) is 38.7. The molecule has 3 aliphatic rings. The van der Waals surface area contributed by atoms with Gasteiger partial charge in [-0.25, -0.2) is 13.1 Å². The maximum atomic E-state index is 12.5. The molecular formula is C15H14BrNO5S. The van der Waals surface area contributed by atoms with Gasteiger partial charge in [0.15, 0.2) is 0 Å². The summed E-state index contributed by atoms with van der Waals surface area (Å²) in [5.41, 5.74) is 0. The first-order valence-corrected chi connectivity index (χ1v) is 9.77. The molecular weight excluding hydrogens is 386 g/mol. The van der Waals surface area contributed by atoms with Crippen LogP contribution < -0.4 is 4.72 Å². The summed E-state index contributed by atoms with van der Waals surface area (Å²) in [6.07, 6.45) is 0.647. The van der Waals surface area contributed by atoms with Crippen molar-refractivity contribution in [2.45, 2.75) is 22.2 Å². The lowest BCUT2D eigenvalue weighted by Gasteiger charge is -2.32. The highest BCUT2D eigenvalue weighted by Crippen LogP contribution is 2.57. The van der Waals surface area contributed by atoms with Crippen LogP contribution in [0.1, 0.15) is 6.42 Å².